The van der Waals surface area contributed by atoms with Gasteiger partial charge in [0.1, 0.15) is 11.3 Å². The normalized spacial score (nSPS) is 14.6. The molecule has 0 aliphatic heterocycles. The monoisotopic (exact) mass is 257 g/mol. The van der Waals surface area contributed by atoms with Crippen LogP contribution in [0.1, 0.15) is 32.8 Å². The Bertz CT molecular complexity index is 353. The predicted octanol–water partition coefficient (Wildman–Crippen LogP) is 3.57. The first-order valence-corrected chi connectivity index (χ1v) is 6.31. The summed E-state index contributed by atoms with van der Waals surface area (Å²) in [5, 5.41) is 2.92. The number of hydrogen-bond donors (Lipinski definition) is 1. The molecule has 0 bridgehead atoms. The van der Waals surface area contributed by atoms with Crippen LogP contribution in [0.25, 0.3) is 0 Å². The highest BCUT2D eigenvalue weighted by molar-refractivity contribution is 5.32. The summed E-state index contributed by atoms with van der Waals surface area (Å²) in [7, 11) is 0. The minimum Gasteiger partial charge on any atom is -0.494 e. The standard InChI is InChI=1S/C14H21F2NO/c1-4-10-17-14(3,13(15)16)11-6-8-12(9-7-11)18-5-2/h6-9,13,17H,4-5,10H2,1-3H3. The molecule has 4 heteroatoms. The van der Waals surface area contributed by atoms with E-state index in [1.54, 1.807) is 24.3 Å². The fourth-order valence-corrected chi connectivity index (χ4v) is 1.75. The molecule has 2 nitrogen and oxygen atoms in total. The van der Waals surface area contributed by atoms with Crippen molar-refractivity contribution in [1.29, 1.82) is 0 Å². The first-order valence-electron chi connectivity index (χ1n) is 6.31. The van der Waals surface area contributed by atoms with Crippen molar-refractivity contribution in [3.8, 4) is 5.75 Å². The van der Waals surface area contributed by atoms with Crippen molar-refractivity contribution in [3.05, 3.63) is 29.8 Å². The number of ether oxygens (including phenoxy) is 1. The molecule has 0 heterocycles. The van der Waals surface area contributed by atoms with Crippen LogP contribution in [0.2, 0.25) is 0 Å². The molecule has 0 saturated heterocycles. The number of nitrogens with one attached hydrogen (secondary N) is 1. The van der Waals surface area contributed by atoms with Crippen molar-refractivity contribution >= 4 is 0 Å². The Morgan fingerprint density at radius 2 is 1.83 bits per heavy atom. The van der Waals surface area contributed by atoms with Gasteiger partial charge in [-0.1, -0.05) is 19.1 Å². The van der Waals surface area contributed by atoms with E-state index in [0.29, 0.717) is 24.5 Å². The van der Waals surface area contributed by atoms with E-state index in [0.717, 1.165) is 6.42 Å². The van der Waals surface area contributed by atoms with E-state index in [-0.39, 0.29) is 0 Å². The van der Waals surface area contributed by atoms with Gasteiger partial charge in [-0.25, -0.2) is 8.78 Å². The van der Waals surface area contributed by atoms with Crippen LogP contribution in [-0.4, -0.2) is 19.6 Å². The Hall–Kier alpha value is -1.16. The third-order valence-electron chi connectivity index (χ3n) is 2.94. The average Bonchev–Trinajstić information content (AvgIpc) is 2.37. The molecule has 0 amide bonds. The van der Waals surface area contributed by atoms with Crippen LogP contribution in [0.4, 0.5) is 8.78 Å². The second-order valence-electron chi connectivity index (χ2n) is 4.39. The Labute approximate surface area is 107 Å². The van der Waals surface area contributed by atoms with Crippen molar-refractivity contribution in [1.82, 2.24) is 5.32 Å². The van der Waals surface area contributed by atoms with Crippen LogP contribution >= 0.6 is 0 Å². The molecule has 1 unspecified atom stereocenters. The summed E-state index contributed by atoms with van der Waals surface area (Å²) >= 11 is 0. The zero-order chi connectivity index (χ0) is 13.6. The number of rotatable bonds is 7. The van der Waals surface area contributed by atoms with Gasteiger partial charge in [-0.05, 0) is 44.5 Å². The third-order valence-corrected chi connectivity index (χ3v) is 2.94. The van der Waals surface area contributed by atoms with Crippen LogP contribution < -0.4 is 10.1 Å². The summed E-state index contributed by atoms with van der Waals surface area (Å²) in [6.07, 6.45) is -1.64. The van der Waals surface area contributed by atoms with Crippen LogP contribution in [-0.2, 0) is 5.54 Å². The van der Waals surface area contributed by atoms with Gasteiger partial charge in [-0.15, -0.1) is 0 Å². The molecule has 0 aliphatic rings. The lowest BCUT2D eigenvalue weighted by molar-refractivity contribution is 0.0385. The van der Waals surface area contributed by atoms with Crippen LogP contribution in [0.3, 0.4) is 0 Å². The SMILES string of the molecule is CCCNC(C)(c1ccc(OCC)cc1)C(F)F. The second kappa shape index (κ2) is 6.69. The van der Waals surface area contributed by atoms with E-state index in [4.69, 9.17) is 4.74 Å². The Kier molecular flexibility index (Phi) is 5.54. The van der Waals surface area contributed by atoms with Gasteiger partial charge in [0.25, 0.3) is 6.43 Å². The van der Waals surface area contributed by atoms with E-state index in [1.807, 2.05) is 13.8 Å². The average molecular weight is 257 g/mol. The molecule has 0 fully saturated rings. The van der Waals surface area contributed by atoms with Crippen LogP contribution in [0.15, 0.2) is 24.3 Å². The van der Waals surface area contributed by atoms with Crippen molar-refractivity contribution in [2.45, 2.75) is 39.2 Å². The molecule has 1 aromatic carbocycles. The lowest BCUT2D eigenvalue weighted by atomic mass is 9.92. The summed E-state index contributed by atoms with van der Waals surface area (Å²) in [4.78, 5) is 0. The van der Waals surface area contributed by atoms with Crippen molar-refractivity contribution < 1.29 is 13.5 Å². The summed E-state index contributed by atoms with van der Waals surface area (Å²) in [6, 6.07) is 6.85. The largest absolute Gasteiger partial charge is 0.494 e. The summed E-state index contributed by atoms with van der Waals surface area (Å²) < 4.78 is 31.8. The molecule has 102 valence electrons. The smallest absolute Gasteiger partial charge is 0.260 e. The summed E-state index contributed by atoms with van der Waals surface area (Å²) in [6.45, 7) is 6.51. The molecule has 0 aliphatic carbocycles. The number of halogens is 2. The zero-order valence-corrected chi connectivity index (χ0v) is 11.2. The lowest BCUT2D eigenvalue weighted by Crippen LogP contribution is -2.46. The van der Waals surface area contributed by atoms with E-state index in [2.05, 4.69) is 5.32 Å². The molecular formula is C14H21F2NO. The van der Waals surface area contributed by atoms with Crippen molar-refractivity contribution in [2.75, 3.05) is 13.2 Å². The maximum Gasteiger partial charge on any atom is 0.260 e. The number of alkyl halides is 2. The highest BCUT2D eigenvalue weighted by Crippen LogP contribution is 2.29. The Morgan fingerprint density at radius 1 is 1.22 bits per heavy atom. The fourth-order valence-electron chi connectivity index (χ4n) is 1.75. The Balaban J connectivity index is 2.91. The maximum absolute atomic E-state index is 13.2. The molecule has 1 atom stereocenters. The van der Waals surface area contributed by atoms with E-state index in [1.165, 1.54) is 6.92 Å². The van der Waals surface area contributed by atoms with Gasteiger partial charge in [0, 0.05) is 0 Å². The quantitative estimate of drug-likeness (QED) is 0.806. The number of benzene rings is 1. The molecule has 0 aromatic heterocycles. The number of hydrogen-bond acceptors (Lipinski definition) is 2. The van der Waals surface area contributed by atoms with Gasteiger partial charge >= 0.3 is 0 Å². The molecular weight excluding hydrogens is 236 g/mol. The molecule has 0 spiro atoms. The van der Waals surface area contributed by atoms with Crippen molar-refractivity contribution in [3.63, 3.8) is 0 Å². The van der Waals surface area contributed by atoms with Gasteiger partial charge in [0.05, 0.1) is 6.61 Å². The fraction of sp³-hybridized carbons (Fsp3) is 0.571. The highest BCUT2D eigenvalue weighted by atomic mass is 19.3. The van der Waals surface area contributed by atoms with Gasteiger partial charge in [0.15, 0.2) is 0 Å². The molecule has 0 saturated carbocycles. The highest BCUT2D eigenvalue weighted by Gasteiger charge is 2.36. The predicted molar refractivity (Wildman–Crippen MR) is 69.3 cm³/mol. The topological polar surface area (TPSA) is 21.3 Å². The summed E-state index contributed by atoms with van der Waals surface area (Å²) in [5.41, 5.74) is -0.727. The first kappa shape index (κ1) is 14.9. The van der Waals surface area contributed by atoms with Crippen LogP contribution in [0.5, 0.6) is 5.75 Å². The molecule has 1 aromatic rings. The van der Waals surface area contributed by atoms with E-state index in [9.17, 15) is 8.78 Å². The third kappa shape index (κ3) is 3.42. The van der Waals surface area contributed by atoms with Gasteiger partial charge < -0.3 is 10.1 Å². The minimum absolute atomic E-state index is 0.564. The van der Waals surface area contributed by atoms with E-state index < -0.39 is 12.0 Å². The zero-order valence-electron chi connectivity index (χ0n) is 11.2. The Morgan fingerprint density at radius 3 is 2.28 bits per heavy atom. The molecule has 0 radical (unpaired) electrons. The summed E-state index contributed by atoms with van der Waals surface area (Å²) in [5.74, 6) is 0.702. The molecule has 18 heavy (non-hydrogen) atoms. The van der Waals surface area contributed by atoms with Gasteiger partial charge in [-0.3, -0.25) is 0 Å². The van der Waals surface area contributed by atoms with Gasteiger partial charge in [-0.2, -0.15) is 0 Å². The van der Waals surface area contributed by atoms with Crippen molar-refractivity contribution in [2.24, 2.45) is 0 Å². The van der Waals surface area contributed by atoms with Crippen LogP contribution in [0, 0.1) is 0 Å². The maximum atomic E-state index is 13.2. The molecule has 1 rings (SSSR count). The minimum atomic E-state index is -2.46. The molecule has 1 N–H and O–H groups in total. The van der Waals surface area contributed by atoms with Gasteiger partial charge in [0.2, 0.25) is 0 Å². The first-order chi connectivity index (χ1) is 8.54. The lowest BCUT2D eigenvalue weighted by Gasteiger charge is -2.30. The second-order valence-corrected chi connectivity index (χ2v) is 4.39. The van der Waals surface area contributed by atoms with E-state index >= 15 is 0 Å².